The summed E-state index contributed by atoms with van der Waals surface area (Å²) in [7, 11) is 0. The molecular formula is C41H73N3O7. The van der Waals surface area contributed by atoms with E-state index < -0.39 is 0 Å². The number of esters is 3. The highest BCUT2D eigenvalue weighted by Crippen LogP contribution is 2.69. The zero-order valence-electron chi connectivity index (χ0n) is 32.5. The van der Waals surface area contributed by atoms with Crippen molar-refractivity contribution in [2.24, 2.45) is 63.5 Å². The molecular weight excluding hydrogens is 646 g/mol. The Morgan fingerprint density at radius 3 is 2.16 bits per heavy atom. The van der Waals surface area contributed by atoms with Crippen molar-refractivity contribution in [1.29, 1.82) is 0 Å². The SMILES string of the molecule is CCCCCCCCOC(=O)CC[C@@H](C)[C@H]1CC[C@H]2[C@@H]3[C@H](OC(=O)CCN)C[C@@H]4C[C@H](OCCCN)CC[C@]4(C)[C@H]3C[C@H](OC(=O)CCN)[C@]12C. The van der Waals surface area contributed by atoms with Gasteiger partial charge in [0.1, 0.15) is 12.2 Å². The van der Waals surface area contributed by atoms with Crippen molar-refractivity contribution in [3.8, 4) is 0 Å². The van der Waals surface area contributed by atoms with Crippen LogP contribution in [0.3, 0.4) is 0 Å². The molecule has 0 bridgehead atoms. The third-order valence-electron chi connectivity index (χ3n) is 14.0. The Labute approximate surface area is 308 Å². The first-order valence-corrected chi connectivity index (χ1v) is 20.8. The average molecular weight is 720 g/mol. The summed E-state index contributed by atoms with van der Waals surface area (Å²) in [4.78, 5) is 39.2. The van der Waals surface area contributed by atoms with Crippen LogP contribution in [-0.2, 0) is 33.3 Å². The molecule has 51 heavy (non-hydrogen) atoms. The molecule has 4 aliphatic rings. The molecule has 4 aliphatic carbocycles. The standard InChI is InChI=1S/C41H73N3O7/c1-5-6-7-8-9-10-23-49-36(45)15-12-28(2)31-13-14-32-39-33(27-35(41(31,32)4)51-38(47)18-22-44)40(3)19-16-30(48-24-11-20-42)25-29(40)26-34(39)50-37(46)17-21-43/h28-35,39H,5-27,42-44H2,1-4H3/t28-,29+,30-,31-,32+,33+,34-,35+,39+,40+,41-/m1/s1. The lowest BCUT2D eigenvalue weighted by molar-refractivity contribution is -0.226. The molecule has 0 aromatic carbocycles. The van der Waals surface area contributed by atoms with Gasteiger partial charge in [-0.15, -0.1) is 0 Å². The molecule has 294 valence electrons. The third-order valence-corrected chi connectivity index (χ3v) is 14.0. The van der Waals surface area contributed by atoms with Crippen LogP contribution in [0.1, 0.15) is 143 Å². The Balaban J connectivity index is 1.54. The minimum atomic E-state index is -0.322. The normalized spacial score (nSPS) is 34.9. The summed E-state index contributed by atoms with van der Waals surface area (Å²) in [6, 6.07) is 0. The highest BCUT2D eigenvalue weighted by atomic mass is 16.6. The Hall–Kier alpha value is -1.75. The van der Waals surface area contributed by atoms with E-state index in [1.807, 2.05) is 0 Å². The lowest BCUT2D eigenvalue weighted by atomic mass is 9.43. The molecule has 0 saturated heterocycles. The van der Waals surface area contributed by atoms with Crippen molar-refractivity contribution >= 4 is 17.9 Å². The largest absolute Gasteiger partial charge is 0.466 e. The van der Waals surface area contributed by atoms with Gasteiger partial charge < -0.3 is 36.1 Å². The topological polar surface area (TPSA) is 166 Å². The molecule has 11 atom stereocenters. The number of fused-ring (bicyclic) bond motifs is 5. The number of hydrogen-bond acceptors (Lipinski definition) is 10. The number of rotatable bonds is 21. The van der Waals surface area contributed by atoms with E-state index in [0.717, 1.165) is 70.6 Å². The molecule has 6 N–H and O–H groups in total. The van der Waals surface area contributed by atoms with Crippen molar-refractivity contribution in [1.82, 2.24) is 0 Å². The number of carbonyl (C=O) groups excluding carboxylic acids is 3. The first kappa shape index (κ1) is 42.0. The fraction of sp³-hybridized carbons (Fsp3) is 0.927. The maximum Gasteiger partial charge on any atom is 0.307 e. The van der Waals surface area contributed by atoms with E-state index in [1.54, 1.807) is 0 Å². The summed E-state index contributed by atoms with van der Waals surface area (Å²) in [6.07, 6.45) is 15.5. The minimum absolute atomic E-state index is 0.0124. The van der Waals surface area contributed by atoms with Crippen molar-refractivity contribution in [2.75, 3.05) is 32.8 Å². The molecule has 0 aromatic rings. The van der Waals surface area contributed by atoms with E-state index in [-0.39, 0.29) is 103 Å². The van der Waals surface area contributed by atoms with E-state index in [0.29, 0.717) is 32.1 Å². The fourth-order valence-corrected chi connectivity index (χ4v) is 11.2. The van der Waals surface area contributed by atoms with Crippen molar-refractivity contribution in [3.63, 3.8) is 0 Å². The van der Waals surface area contributed by atoms with Crippen LogP contribution >= 0.6 is 0 Å². The van der Waals surface area contributed by atoms with Gasteiger partial charge in [-0.3, -0.25) is 14.4 Å². The summed E-state index contributed by atoms with van der Waals surface area (Å²) in [6.45, 7) is 11.5. The summed E-state index contributed by atoms with van der Waals surface area (Å²) in [5.74, 6) is 0.845. The van der Waals surface area contributed by atoms with Gasteiger partial charge >= 0.3 is 17.9 Å². The molecule has 0 amide bonds. The second-order valence-corrected chi connectivity index (χ2v) is 17.0. The predicted octanol–water partition coefficient (Wildman–Crippen LogP) is 6.44. The average Bonchev–Trinajstić information content (AvgIpc) is 3.46. The van der Waals surface area contributed by atoms with Crippen LogP contribution in [0.2, 0.25) is 0 Å². The van der Waals surface area contributed by atoms with Crippen LogP contribution in [0.15, 0.2) is 0 Å². The summed E-state index contributed by atoms with van der Waals surface area (Å²) < 4.78 is 24.9. The molecule has 0 radical (unpaired) electrons. The molecule has 0 heterocycles. The van der Waals surface area contributed by atoms with Gasteiger partial charge in [-0.2, -0.15) is 0 Å². The van der Waals surface area contributed by atoms with E-state index >= 15 is 0 Å². The Bertz CT molecular complexity index is 1110. The van der Waals surface area contributed by atoms with Crippen molar-refractivity contribution in [2.45, 2.75) is 162 Å². The van der Waals surface area contributed by atoms with Gasteiger partial charge in [0.15, 0.2) is 0 Å². The Kier molecular flexibility index (Phi) is 16.5. The van der Waals surface area contributed by atoms with Gasteiger partial charge in [0.05, 0.1) is 25.6 Å². The monoisotopic (exact) mass is 720 g/mol. The first-order valence-electron chi connectivity index (χ1n) is 20.8. The summed E-state index contributed by atoms with van der Waals surface area (Å²) in [5, 5.41) is 0. The Morgan fingerprint density at radius 2 is 1.45 bits per heavy atom. The van der Waals surface area contributed by atoms with Gasteiger partial charge in [0.25, 0.3) is 0 Å². The number of nitrogens with two attached hydrogens (primary N) is 3. The van der Waals surface area contributed by atoms with Gasteiger partial charge in [0, 0.05) is 37.5 Å². The van der Waals surface area contributed by atoms with Crippen LogP contribution in [0, 0.1) is 46.3 Å². The molecule has 4 fully saturated rings. The van der Waals surface area contributed by atoms with E-state index in [9.17, 15) is 14.4 Å². The lowest BCUT2D eigenvalue weighted by Gasteiger charge is -2.64. The zero-order valence-corrected chi connectivity index (χ0v) is 32.5. The molecule has 4 rings (SSSR count). The lowest BCUT2D eigenvalue weighted by Crippen LogP contribution is -2.63. The summed E-state index contributed by atoms with van der Waals surface area (Å²) in [5.41, 5.74) is 17.1. The zero-order chi connectivity index (χ0) is 37.0. The van der Waals surface area contributed by atoms with Gasteiger partial charge in [-0.1, -0.05) is 59.8 Å². The third kappa shape index (κ3) is 10.3. The summed E-state index contributed by atoms with van der Waals surface area (Å²) >= 11 is 0. The Morgan fingerprint density at radius 1 is 0.745 bits per heavy atom. The quantitative estimate of drug-likeness (QED) is 0.0683. The maximum atomic E-state index is 13.2. The van der Waals surface area contributed by atoms with Crippen LogP contribution < -0.4 is 17.2 Å². The van der Waals surface area contributed by atoms with Crippen molar-refractivity contribution < 1.29 is 33.3 Å². The van der Waals surface area contributed by atoms with Crippen LogP contribution in [-0.4, -0.2) is 69.1 Å². The number of hydrogen-bond donors (Lipinski definition) is 3. The van der Waals surface area contributed by atoms with Crippen molar-refractivity contribution in [3.05, 3.63) is 0 Å². The van der Waals surface area contributed by atoms with Gasteiger partial charge in [0.2, 0.25) is 0 Å². The second-order valence-electron chi connectivity index (χ2n) is 17.0. The molecule has 0 aromatic heterocycles. The number of ether oxygens (including phenoxy) is 4. The second kappa shape index (κ2) is 20.1. The molecule has 10 nitrogen and oxygen atoms in total. The smallest absolute Gasteiger partial charge is 0.307 e. The van der Waals surface area contributed by atoms with E-state index in [1.165, 1.54) is 25.7 Å². The van der Waals surface area contributed by atoms with Crippen LogP contribution in [0.4, 0.5) is 0 Å². The van der Waals surface area contributed by atoms with Crippen LogP contribution in [0.5, 0.6) is 0 Å². The predicted molar refractivity (Wildman–Crippen MR) is 199 cm³/mol. The van der Waals surface area contributed by atoms with E-state index in [4.69, 9.17) is 36.1 Å². The fourth-order valence-electron chi connectivity index (χ4n) is 11.2. The first-order chi connectivity index (χ1) is 24.5. The highest BCUT2D eigenvalue weighted by Gasteiger charge is 2.67. The van der Waals surface area contributed by atoms with E-state index in [2.05, 4.69) is 27.7 Å². The molecule has 10 heteroatoms. The van der Waals surface area contributed by atoms with Gasteiger partial charge in [-0.05, 0) is 106 Å². The maximum absolute atomic E-state index is 13.2. The number of unbranched alkanes of at least 4 members (excludes halogenated alkanes) is 5. The molecule has 4 saturated carbocycles. The molecule has 0 aliphatic heterocycles. The number of carbonyl (C=O) groups is 3. The molecule has 0 spiro atoms. The van der Waals surface area contributed by atoms with Crippen LogP contribution in [0.25, 0.3) is 0 Å². The molecule has 0 unspecified atom stereocenters. The highest BCUT2D eigenvalue weighted by molar-refractivity contribution is 5.70. The van der Waals surface area contributed by atoms with Gasteiger partial charge in [-0.25, -0.2) is 0 Å². The minimum Gasteiger partial charge on any atom is -0.466 e.